The molecule has 1 atom stereocenters. The molecule has 82 valence electrons. The summed E-state index contributed by atoms with van der Waals surface area (Å²) < 4.78 is 6.94. The number of hydrogen-bond donors (Lipinski definition) is 2. The number of nitrogens with one attached hydrogen (secondary N) is 1. The molecule has 0 bridgehead atoms. The quantitative estimate of drug-likeness (QED) is 0.697. The summed E-state index contributed by atoms with van der Waals surface area (Å²) in [5.41, 5.74) is 7.11. The summed E-state index contributed by atoms with van der Waals surface area (Å²) in [6.07, 6.45) is 1.55. The number of fused-ring (bicyclic) bond motifs is 3. The van der Waals surface area contributed by atoms with Gasteiger partial charge in [-0.3, -0.25) is 9.59 Å². The van der Waals surface area contributed by atoms with Gasteiger partial charge in [0.1, 0.15) is 11.7 Å². The van der Waals surface area contributed by atoms with Crippen LogP contribution < -0.4 is 11.1 Å². The number of carbonyl (C=O) groups excluding carboxylic acids is 2. The topological polar surface area (TPSA) is 90.3 Å². The Kier molecular flexibility index (Phi) is 1.62. The summed E-state index contributed by atoms with van der Waals surface area (Å²) in [5, 5.41) is 2.55. The Morgan fingerprint density at radius 3 is 3.19 bits per heavy atom. The molecule has 1 aliphatic rings. The van der Waals surface area contributed by atoms with E-state index < -0.39 is 11.9 Å². The number of furan rings is 1. The number of nitrogens with two attached hydrogens (primary N) is 1. The molecule has 3 heterocycles. The summed E-state index contributed by atoms with van der Waals surface area (Å²) in [5.74, 6) is -0.842. The van der Waals surface area contributed by atoms with E-state index in [4.69, 9.17) is 10.2 Å². The molecule has 0 saturated heterocycles. The van der Waals surface area contributed by atoms with Crippen LogP contribution in [0.4, 0.5) is 0 Å². The van der Waals surface area contributed by atoms with Gasteiger partial charge >= 0.3 is 0 Å². The van der Waals surface area contributed by atoms with Gasteiger partial charge in [-0.15, -0.1) is 0 Å². The molecule has 16 heavy (non-hydrogen) atoms. The number of rotatable bonds is 1. The van der Waals surface area contributed by atoms with Gasteiger partial charge in [-0.25, -0.2) is 0 Å². The molecular formula is C10H9N3O3. The van der Waals surface area contributed by atoms with E-state index in [0.29, 0.717) is 17.8 Å². The lowest BCUT2D eigenvalue weighted by atomic mass is 10.2. The van der Waals surface area contributed by atoms with Gasteiger partial charge in [-0.05, 0) is 0 Å². The molecule has 3 N–H and O–H groups in total. The highest BCUT2D eigenvalue weighted by Crippen LogP contribution is 2.23. The summed E-state index contributed by atoms with van der Waals surface area (Å²) in [7, 11) is 0. The average Bonchev–Trinajstić information content (AvgIpc) is 2.78. The number of carbonyl (C=O) groups is 2. The Balaban J connectivity index is 2.17. The fourth-order valence-corrected chi connectivity index (χ4v) is 1.98. The van der Waals surface area contributed by atoms with Crippen LogP contribution in [0.5, 0.6) is 0 Å². The van der Waals surface area contributed by atoms with Crippen LogP contribution in [0.2, 0.25) is 0 Å². The molecule has 1 aliphatic heterocycles. The molecular weight excluding hydrogens is 210 g/mol. The minimum atomic E-state index is -0.662. The zero-order chi connectivity index (χ0) is 11.3. The molecule has 2 aromatic rings. The molecule has 0 aliphatic carbocycles. The van der Waals surface area contributed by atoms with Crippen molar-refractivity contribution < 1.29 is 14.0 Å². The Morgan fingerprint density at radius 1 is 1.62 bits per heavy atom. The first-order chi connectivity index (χ1) is 7.66. The zero-order valence-corrected chi connectivity index (χ0v) is 8.27. The van der Waals surface area contributed by atoms with Crippen molar-refractivity contribution >= 4 is 22.9 Å². The minimum absolute atomic E-state index is 0.304. The van der Waals surface area contributed by atoms with Crippen molar-refractivity contribution in [1.29, 1.82) is 0 Å². The van der Waals surface area contributed by atoms with Crippen molar-refractivity contribution in [1.82, 2.24) is 9.88 Å². The third-order valence-corrected chi connectivity index (χ3v) is 2.77. The van der Waals surface area contributed by atoms with Crippen LogP contribution in [0.15, 0.2) is 22.8 Å². The van der Waals surface area contributed by atoms with Gasteiger partial charge in [-0.2, -0.15) is 0 Å². The number of nitrogens with zero attached hydrogens (tertiary/aromatic N) is 1. The Bertz CT molecular complexity index is 595. The maximum absolute atomic E-state index is 11.7. The van der Waals surface area contributed by atoms with Crippen LogP contribution in [0.1, 0.15) is 10.5 Å². The van der Waals surface area contributed by atoms with Crippen molar-refractivity contribution in [2.24, 2.45) is 5.73 Å². The Hall–Kier alpha value is -2.24. The summed E-state index contributed by atoms with van der Waals surface area (Å²) in [6, 6.07) is 2.75. The summed E-state index contributed by atoms with van der Waals surface area (Å²) >= 11 is 0. The van der Waals surface area contributed by atoms with Crippen molar-refractivity contribution in [3.63, 3.8) is 0 Å². The third-order valence-electron chi connectivity index (χ3n) is 2.77. The lowest BCUT2D eigenvalue weighted by Gasteiger charge is -2.23. The first-order valence-electron chi connectivity index (χ1n) is 4.84. The van der Waals surface area contributed by atoms with Gasteiger partial charge in [0.25, 0.3) is 5.91 Å². The van der Waals surface area contributed by atoms with Crippen molar-refractivity contribution in [3.8, 4) is 0 Å². The largest absolute Gasteiger partial charge is 0.463 e. The molecule has 0 saturated carbocycles. The number of amides is 2. The molecule has 6 heteroatoms. The number of primary amides is 1. The monoisotopic (exact) mass is 219 g/mol. The standard InChI is InChI=1S/C10H9N3O3/c11-9(14)5-4-13-6-1-2-16-8(6)3-7(13)10(15)12-5/h1-3,5H,4H2,(H2,11,14)(H,12,15). The summed E-state index contributed by atoms with van der Waals surface area (Å²) in [4.78, 5) is 22.8. The highest BCUT2D eigenvalue weighted by Gasteiger charge is 2.29. The van der Waals surface area contributed by atoms with E-state index in [1.54, 1.807) is 23.0 Å². The normalized spacial score (nSPS) is 19.5. The second kappa shape index (κ2) is 2.88. The van der Waals surface area contributed by atoms with Gasteiger partial charge in [0, 0.05) is 12.1 Å². The van der Waals surface area contributed by atoms with E-state index in [1.807, 2.05) is 0 Å². The first kappa shape index (κ1) is 9.02. The second-order valence-corrected chi connectivity index (χ2v) is 3.74. The average molecular weight is 219 g/mol. The van der Waals surface area contributed by atoms with E-state index in [9.17, 15) is 9.59 Å². The Labute approximate surface area is 90.0 Å². The molecule has 2 amide bonds. The smallest absolute Gasteiger partial charge is 0.268 e. The van der Waals surface area contributed by atoms with E-state index in [1.165, 1.54) is 0 Å². The fourth-order valence-electron chi connectivity index (χ4n) is 1.98. The van der Waals surface area contributed by atoms with Crippen LogP contribution in [0, 0.1) is 0 Å². The number of aromatic nitrogens is 1. The van der Waals surface area contributed by atoms with E-state index in [-0.39, 0.29) is 5.91 Å². The van der Waals surface area contributed by atoms with Gasteiger partial charge in [0.15, 0.2) is 5.58 Å². The maximum atomic E-state index is 11.7. The highest BCUT2D eigenvalue weighted by atomic mass is 16.3. The van der Waals surface area contributed by atoms with Crippen molar-refractivity contribution in [2.75, 3.05) is 0 Å². The van der Waals surface area contributed by atoms with Crippen molar-refractivity contribution in [3.05, 3.63) is 24.1 Å². The predicted octanol–water partition coefficient (Wildman–Crippen LogP) is -0.168. The molecule has 3 rings (SSSR count). The fraction of sp³-hybridized carbons (Fsp3) is 0.200. The molecule has 2 aromatic heterocycles. The maximum Gasteiger partial charge on any atom is 0.268 e. The lowest BCUT2D eigenvalue weighted by molar-refractivity contribution is -0.120. The van der Waals surface area contributed by atoms with Crippen molar-refractivity contribution in [2.45, 2.75) is 12.6 Å². The predicted molar refractivity (Wildman–Crippen MR) is 54.7 cm³/mol. The van der Waals surface area contributed by atoms with Gasteiger partial charge < -0.3 is 20.0 Å². The van der Waals surface area contributed by atoms with Gasteiger partial charge in [0.2, 0.25) is 5.91 Å². The minimum Gasteiger partial charge on any atom is -0.463 e. The van der Waals surface area contributed by atoms with Gasteiger partial charge in [0.05, 0.1) is 18.3 Å². The highest BCUT2D eigenvalue weighted by molar-refractivity contribution is 6.01. The van der Waals surface area contributed by atoms with Crippen LogP contribution in [-0.2, 0) is 11.3 Å². The molecule has 0 radical (unpaired) electrons. The SMILES string of the molecule is NC(=O)C1Cn2c(cc3occc32)C(=O)N1. The summed E-state index contributed by atoms with van der Waals surface area (Å²) in [6.45, 7) is 0.347. The van der Waals surface area contributed by atoms with Crippen LogP contribution >= 0.6 is 0 Å². The van der Waals surface area contributed by atoms with Crippen LogP contribution in [-0.4, -0.2) is 22.4 Å². The van der Waals surface area contributed by atoms with Crippen LogP contribution in [0.3, 0.4) is 0 Å². The molecule has 6 nitrogen and oxygen atoms in total. The first-order valence-corrected chi connectivity index (χ1v) is 4.84. The molecule has 0 spiro atoms. The molecule has 0 aromatic carbocycles. The number of hydrogen-bond acceptors (Lipinski definition) is 3. The zero-order valence-electron chi connectivity index (χ0n) is 8.27. The van der Waals surface area contributed by atoms with Crippen LogP contribution in [0.25, 0.3) is 11.1 Å². The molecule has 1 unspecified atom stereocenters. The Morgan fingerprint density at radius 2 is 2.44 bits per heavy atom. The van der Waals surface area contributed by atoms with E-state index in [0.717, 1.165) is 5.52 Å². The third kappa shape index (κ3) is 1.06. The van der Waals surface area contributed by atoms with E-state index in [2.05, 4.69) is 5.32 Å². The molecule has 0 fully saturated rings. The second-order valence-electron chi connectivity index (χ2n) is 3.74. The lowest BCUT2D eigenvalue weighted by Crippen LogP contribution is -2.51. The van der Waals surface area contributed by atoms with Gasteiger partial charge in [-0.1, -0.05) is 0 Å². The van der Waals surface area contributed by atoms with E-state index >= 15 is 0 Å².